The molecule has 48 heavy (non-hydrogen) atoms. The third kappa shape index (κ3) is 6.53. The summed E-state index contributed by atoms with van der Waals surface area (Å²) in [6.07, 6.45) is -0.845. The van der Waals surface area contributed by atoms with Gasteiger partial charge in [0.05, 0.1) is 25.3 Å². The van der Waals surface area contributed by atoms with Crippen LogP contribution < -0.4 is 34.2 Å². The summed E-state index contributed by atoms with van der Waals surface area (Å²) in [5.74, 6) is 1.71. The van der Waals surface area contributed by atoms with Gasteiger partial charge >= 0.3 is 12.2 Å². The van der Waals surface area contributed by atoms with E-state index >= 15 is 0 Å². The van der Waals surface area contributed by atoms with E-state index in [0.717, 1.165) is 6.07 Å². The number of carbonyl (C=O) groups is 2. The number of benzene rings is 3. The number of ether oxygens (including phenoxy) is 3. The Hall–Kier alpha value is -5.46. The Kier molecular flexibility index (Phi) is 9.03. The minimum Gasteiger partial charge on any atom is -0.493 e. The maximum absolute atomic E-state index is 14.4. The van der Waals surface area contributed by atoms with Crippen LogP contribution in [0.25, 0.3) is 10.9 Å². The Morgan fingerprint density at radius 2 is 1.60 bits per heavy atom. The summed E-state index contributed by atoms with van der Waals surface area (Å²) in [6, 6.07) is 15.6. The summed E-state index contributed by atoms with van der Waals surface area (Å²) in [7, 11) is 3.08. The SMILES string of the molecule is C=CC(=O)NC1CCN(c2ccc(N3CCN(c4cccc(Oc5ccnc6cc(OC)c(OC)cc56)c4)C3=O)cc2C(F)(F)F)CC1. The van der Waals surface area contributed by atoms with Crippen LogP contribution in [0.4, 0.5) is 35.0 Å². The van der Waals surface area contributed by atoms with Crippen LogP contribution in [0, 0.1) is 0 Å². The molecule has 3 aromatic carbocycles. The third-order valence-corrected chi connectivity index (χ3v) is 8.54. The molecule has 0 aliphatic carbocycles. The lowest BCUT2D eigenvalue weighted by Crippen LogP contribution is -2.44. The summed E-state index contributed by atoms with van der Waals surface area (Å²) in [5, 5.41) is 3.50. The fraction of sp³-hybridized carbons (Fsp3) is 0.286. The van der Waals surface area contributed by atoms with Crippen molar-refractivity contribution in [1.29, 1.82) is 0 Å². The van der Waals surface area contributed by atoms with Crippen LogP contribution in [0.5, 0.6) is 23.0 Å². The highest BCUT2D eigenvalue weighted by Gasteiger charge is 2.38. The van der Waals surface area contributed by atoms with Gasteiger partial charge < -0.3 is 24.4 Å². The maximum atomic E-state index is 14.4. The maximum Gasteiger partial charge on any atom is 0.418 e. The van der Waals surface area contributed by atoms with E-state index in [-0.39, 0.29) is 36.4 Å². The number of hydrogen-bond donors (Lipinski definition) is 1. The van der Waals surface area contributed by atoms with Gasteiger partial charge in [-0.2, -0.15) is 13.2 Å². The van der Waals surface area contributed by atoms with Crippen LogP contribution >= 0.6 is 0 Å². The molecule has 0 atom stereocenters. The second-order valence-corrected chi connectivity index (χ2v) is 11.4. The largest absolute Gasteiger partial charge is 0.493 e. The lowest BCUT2D eigenvalue weighted by atomic mass is 10.0. The van der Waals surface area contributed by atoms with Crippen LogP contribution in [0.1, 0.15) is 18.4 Å². The predicted molar refractivity (Wildman–Crippen MR) is 176 cm³/mol. The molecule has 13 heteroatoms. The number of methoxy groups -OCH3 is 2. The standard InChI is InChI=1S/C35H34F3N5O5/c1-4-33(44)40-22-11-14-41(15-12-22)29-9-8-24(19-27(29)35(36,37)38)43-17-16-42(34(43)45)23-6-5-7-25(18-23)48-30-10-13-39-28-21-32(47-3)31(46-2)20-26(28)30/h4-10,13,18-22H,1,11-12,14-17H2,2-3H3,(H,40,44). The molecule has 4 aromatic rings. The number of nitrogens with zero attached hydrogens (tertiary/aromatic N) is 4. The molecule has 0 saturated carbocycles. The van der Waals surface area contributed by atoms with Crippen LogP contribution in [-0.2, 0) is 11.0 Å². The fourth-order valence-electron chi connectivity index (χ4n) is 6.11. The van der Waals surface area contributed by atoms with Gasteiger partial charge in [-0.1, -0.05) is 12.6 Å². The Balaban J connectivity index is 1.20. The minimum atomic E-state index is -4.64. The number of pyridine rings is 1. The number of alkyl halides is 3. The van der Waals surface area contributed by atoms with E-state index in [4.69, 9.17) is 14.2 Å². The first-order chi connectivity index (χ1) is 23.1. The quantitative estimate of drug-likeness (QED) is 0.198. The highest BCUT2D eigenvalue weighted by molar-refractivity contribution is 6.06. The molecular formula is C35H34F3N5O5. The van der Waals surface area contributed by atoms with Crippen molar-refractivity contribution in [2.45, 2.75) is 25.1 Å². The van der Waals surface area contributed by atoms with Gasteiger partial charge in [-0.15, -0.1) is 0 Å². The van der Waals surface area contributed by atoms with Gasteiger partial charge in [-0.3, -0.25) is 19.6 Å². The average molecular weight is 662 g/mol. The topological polar surface area (TPSA) is 96.5 Å². The Labute approximate surface area is 275 Å². The summed E-state index contributed by atoms with van der Waals surface area (Å²) in [4.78, 5) is 34.2. The smallest absolute Gasteiger partial charge is 0.418 e. The van der Waals surface area contributed by atoms with E-state index < -0.39 is 17.8 Å². The van der Waals surface area contributed by atoms with Gasteiger partial charge in [0, 0.05) is 73.0 Å². The van der Waals surface area contributed by atoms with Gasteiger partial charge in [0.15, 0.2) is 11.5 Å². The van der Waals surface area contributed by atoms with Crippen molar-refractivity contribution in [3.05, 3.63) is 85.1 Å². The van der Waals surface area contributed by atoms with E-state index in [2.05, 4.69) is 16.9 Å². The number of aromatic nitrogens is 1. The second-order valence-electron chi connectivity index (χ2n) is 11.4. The zero-order valence-electron chi connectivity index (χ0n) is 26.4. The number of urea groups is 1. The zero-order chi connectivity index (χ0) is 34.0. The van der Waals surface area contributed by atoms with Crippen LogP contribution in [0.2, 0.25) is 0 Å². The first-order valence-corrected chi connectivity index (χ1v) is 15.4. The van der Waals surface area contributed by atoms with Crippen molar-refractivity contribution in [3.63, 3.8) is 0 Å². The molecule has 3 heterocycles. The highest BCUT2D eigenvalue weighted by atomic mass is 19.4. The van der Waals surface area contributed by atoms with Crippen molar-refractivity contribution in [3.8, 4) is 23.0 Å². The molecule has 6 rings (SSSR count). The first kappa shape index (κ1) is 32.5. The van der Waals surface area contributed by atoms with Crippen molar-refractivity contribution < 1.29 is 37.0 Å². The number of nitrogens with one attached hydrogen (secondary N) is 1. The average Bonchev–Trinajstić information content (AvgIpc) is 3.48. The van der Waals surface area contributed by atoms with Crippen LogP contribution in [-0.4, -0.2) is 63.4 Å². The molecule has 10 nitrogen and oxygen atoms in total. The van der Waals surface area contributed by atoms with Gasteiger partial charge in [-0.25, -0.2) is 4.79 Å². The molecule has 0 bridgehead atoms. The third-order valence-electron chi connectivity index (χ3n) is 8.54. The predicted octanol–water partition coefficient (Wildman–Crippen LogP) is 6.78. The van der Waals surface area contributed by atoms with Crippen molar-refractivity contribution in [1.82, 2.24) is 10.3 Å². The molecule has 250 valence electrons. The fourth-order valence-corrected chi connectivity index (χ4v) is 6.11. The Morgan fingerprint density at radius 1 is 0.917 bits per heavy atom. The number of hydrogen-bond acceptors (Lipinski definition) is 7. The zero-order valence-corrected chi connectivity index (χ0v) is 26.4. The van der Waals surface area contributed by atoms with Gasteiger partial charge in [0.25, 0.3) is 0 Å². The van der Waals surface area contributed by atoms with E-state index in [1.807, 2.05) is 0 Å². The molecule has 1 N–H and O–H groups in total. The monoisotopic (exact) mass is 661 g/mol. The number of carbonyl (C=O) groups excluding carboxylic acids is 2. The van der Waals surface area contributed by atoms with Gasteiger partial charge in [0.1, 0.15) is 11.5 Å². The molecule has 0 spiro atoms. The molecule has 2 saturated heterocycles. The number of piperidine rings is 1. The van der Waals surface area contributed by atoms with Gasteiger partial charge in [-0.05, 0) is 61.4 Å². The Bertz CT molecular complexity index is 1860. The number of anilines is 3. The van der Waals surface area contributed by atoms with E-state index in [1.165, 1.54) is 29.1 Å². The lowest BCUT2D eigenvalue weighted by molar-refractivity contribution is -0.137. The van der Waals surface area contributed by atoms with Crippen molar-refractivity contribution >= 4 is 39.9 Å². The van der Waals surface area contributed by atoms with Gasteiger partial charge in [0.2, 0.25) is 5.91 Å². The first-order valence-electron chi connectivity index (χ1n) is 15.4. The summed E-state index contributed by atoms with van der Waals surface area (Å²) in [5.41, 5.74) is 0.572. The van der Waals surface area contributed by atoms with Crippen molar-refractivity contribution in [2.24, 2.45) is 0 Å². The molecule has 3 amide bonds. The molecular weight excluding hydrogens is 627 g/mol. The summed E-state index contributed by atoms with van der Waals surface area (Å²) < 4.78 is 60.1. The Morgan fingerprint density at radius 3 is 2.27 bits per heavy atom. The second kappa shape index (κ2) is 13.3. The summed E-state index contributed by atoms with van der Waals surface area (Å²) >= 11 is 0. The number of fused-ring (bicyclic) bond motifs is 1. The molecule has 2 fully saturated rings. The number of halogens is 3. The highest BCUT2D eigenvalue weighted by Crippen LogP contribution is 2.41. The molecule has 2 aliphatic heterocycles. The van der Waals surface area contributed by atoms with Crippen LogP contribution in [0.3, 0.4) is 0 Å². The molecule has 0 unspecified atom stereocenters. The van der Waals surface area contributed by atoms with E-state index in [0.29, 0.717) is 65.5 Å². The lowest BCUT2D eigenvalue weighted by Gasteiger charge is -2.35. The number of amides is 3. The summed E-state index contributed by atoms with van der Waals surface area (Å²) in [6.45, 7) is 4.60. The van der Waals surface area contributed by atoms with E-state index in [9.17, 15) is 22.8 Å². The van der Waals surface area contributed by atoms with Crippen molar-refractivity contribution in [2.75, 3.05) is 55.1 Å². The minimum absolute atomic E-state index is 0.0489. The molecule has 2 aliphatic rings. The molecule has 0 radical (unpaired) electrons. The molecule has 1 aromatic heterocycles. The van der Waals surface area contributed by atoms with Crippen LogP contribution in [0.15, 0.2) is 79.5 Å². The number of rotatable bonds is 9. The normalized spacial score (nSPS) is 15.5. The van der Waals surface area contributed by atoms with E-state index in [1.54, 1.807) is 66.7 Å².